The first-order valence-electron chi connectivity index (χ1n) is 7.69. The second-order valence-electron chi connectivity index (χ2n) is 5.16. The van der Waals surface area contributed by atoms with Crippen LogP contribution in [0.3, 0.4) is 0 Å². The van der Waals surface area contributed by atoms with E-state index in [4.69, 9.17) is 9.47 Å². The second-order valence-corrected chi connectivity index (χ2v) is 5.16. The average molecular weight is 280 g/mol. The van der Waals surface area contributed by atoms with Gasteiger partial charge in [0.15, 0.2) is 11.5 Å². The summed E-state index contributed by atoms with van der Waals surface area (Å²) in [6.07, 6.45) is 5.88. The Morgan fingerprint density at radius 3 is 2.55 bits per heavy atom. The van der Waals surface area contributed by atoms with Crippen LogP contribution in [0.25, 0.3) is 0 Å². The quantitative estimate of drug-likeness (QED) is 0.659. The SMILES string of the molecule is CCCCCCOc1cc(CC(O)CC)ccc1OC. The van der Waals surface area contributed by atoms with Gasteiger partial charge in [-0.3, -0.25) is 0 Å². The molecule has 1 atom stereocenters. The molecule has 0 saturated heterocycles. The molecule has 114 valence electrons. The fourth-order valence-electron chi connectivity index (χ4n) is 2.09. The smallest absolute Gasteiger partial charge is 0.161 e. The van der Waals surface area contributed by atoms with Gasteiger partial charge in [0.1, 0.15) is 0 Å². The van der Waals surface area contributed by atoms with Crippen molar-refractivity contribution in [2.45, 2.75) is 58.5 Å². The molecule has 0 amide bonds. The Labute approximate surface area is 122 Å². The summed E-state index contributed by atoms with van der Waals surface area (Å²) in [5, 5.41) is 9.73. The molecule has 0 aliphatic rings. The largest absolute Gasteiger partial charge is 0.493 e. The summed E-state index contributed by atoms with van der Waals surface area (Å²) in [7, 11) is 1.65. The van der Waals surface area contributed by atoms with Crippen molar-refractivity contribution in [2.24, 2.45) is 0 Å². The molecule has 20 heavy (non-hydrogen) atoms. The molecule has 1 aromatic carbocycles. The van der Waals surface area contributed by atoms with E-state index in [2.05, 4.69) is 6.92 Å². The Balaban J connectivity index is 2.59. The highest BCUT2D eigenvalue weighted by Crippen LogP contribution is 2.29. The zero-order valence-corrected chi connectivity index (χ0v) is 13.0. The summed E-state index contributed by atoms with van der Waals surface area (Å²) in [4.78, 5) is 0. The van der Waals surface area contributed by atoms with Gasteiger partial charge in [0.25, 0.3) is 0 Å². The van der Waals surface area contributed by atoms with Gasteiger partial charge in [-0.25, -0.2) is 0 Å². The fraction of sp³-hybridized carbons (Fsp3) is 0.647. The van der Waals surface area contributed by atoms with Gasteiger partial charge in [-0.1, -0.05) is 39.2 Å². The Kier molecular flexibility index (Phi) is 8.12. The molecule has 0 aliphatic carbocycles. The maximum Gasteiger partial charge on any atom is 0.161 e. The number of aliphatic hydroxyl groups is 1. The van der Waals surface area contributed by atoms with E-state index in [1.54, 1.807) is 7.11 Å². The maximum absolute atomic E-state index is 9.73. The Bertz CT molecular complexity index is 376. The van der Waals surface area contributed by atoms with Gasteiger partial charge in [0.2, 0.25) is 0 Å². The van der Waals surface area contributed by atoms with E-state index in [9.17, 15) is 5.11 Å². The molecular formula is C17H28O3. The molecule has 0 radical (unpaired) electrons. The topological polar surface area (TPSA) is 38.7 Å². The van der Waals surface area contributed by atoms with E-state index in [0.717, 1.165) is 36.5 Å². The third-order valence-corrected chi connectivity index (χ3v) is 3.43. The van der Waals surface area contributed by atoms with Gasteiger partial charge >= 0.3 is 0 Å². The number of unbranched alkanes of at least 4 members (excludes halogenated alkanes) is 3. The third-order valence-electron chi connectivity index (χ3n) is 3.43. The van der Waals surface area contributed by atoms with Gasteiger partial charge in [-0.15, -0.1) is 0 Å². The highest BCUT2D eigenvalue weighted by Gasteiger charge is 2.08. The van der Waals surface area contributed by atoms with Crippen molar-refractivity contribution >= 4 is 0 Å². The lowest BCUT2D eigenvalue weighted by Gasteiger charge is -2.13. The predicted molar refractivity (Wildman–Crippen MR) is 82.6 cm³/mol. The van der Waals surface area contributed by atoms with E-state index in [1.807, 2.05) is 25.1 Å². The van der Waals surface area contributed by atoms with Crippen LogP contribution in [0, 0.1) is 0 Å². The van der Waals surface area contributed by atoms with Crippen molar-refractivity contribution in [3.8, 4) is 11.5 Å². The second kappa shape index (κ2) is 9.65. The molecule has 3 nitrogen and oxygen atoms in total. The lowest BCUT2D eigenvalue weighted by Crippen LogP contribution is -2.08. The minimum absolute atomic E-state index is 0.291. The normalized spacial score (nSPS) is 12.2. The molecule has 1 unspecified atom stereocenters. The van der Waals surface area contributed by atoms with Gasteiger partial charge < -0.3 is 14.6 Å². The van der Waals surface area contributed by atoms with Crippen molar-refractivity contribution in [1.82, 2.24) is 0 Å². The summed E-state index contributed by atoms with van der Waals surface area (Å²) in [5.41, 5.74) is 1.09. The molecule has 0 spiro atoms. The number of rotatable bonds is 10. The number of methoxy groups -OCH3 is 1. The maximum atomic E-state index is 9.73. The number of hydrogen-bond donors (Lipinski definition) is 1. The van der Waals surface area contributed by atoms with E-state index < -0.39 is 0 Å². The summed E-state index contributed by atoms with van der Waals surface area (Å²) in [6, 6.07) is 5.89. The van der Waals surface area contributed by atoms with Crippen molar-refractivity contribution in [3.63, 3.8) is 0 Å². The van der Waals surface area contributed by atoms with Crippen LogP contribution in [-0.4, -0.2) is 24.9 Å². The van der Waals surface area contributed by atoms with E-state index in [0.29, 0.717) is 6.42 Å². The number of ether oxygens (including phenoxy) is 2. The van der Waals surface area contributed by atoms with Crippen LogP contribution in [0.1, 0.15) is 51.5 Å². The van der Waals surface area contributed by atoms with Crippen LogP contribution in [0.15, 0.2) is 18.2 Å². The molecular weight excluding hydrogens is 252 g/mol. The summed E-state index contributed by atoms with van der Waals surface area (Å²) >= 11 is 0. The first kappa shape index (κ1) is 16.8. The first-order valence-corrected chi connectivity index (χ1v) is 7.69. The third kappa shape index (κ3) is 5.83. The molecule has 1 aromatic rings. The minimum Gasteiger partial charge on any atom is -0.493 e. The van der Waals surface area contributed by atoms with Gasteiger partial charge in [-0.2, -0.15) is 0 Å². The molecule has 1 rings (SSSR count). The molecule has 0 heterocycles. The Morgan fingerprint density at radius 2 is 1.90 bits per heavy atom. The van der Waals surface area contributed by atoms with Gasteiger partial charge in [0.05, 0.1) is 19.8 Å². The fourth-order valence-corrected chi connectivity index (χ4v) is 2.09. The van der Waals surface area contributed by atoms with Crippen LogP contribution in [0.5, 0.6) is 11.5 Å². The predicted octanol–water partition coefficient (Wildman–Crippen LogP) is 3.97. The van der Waals surface area contributed by atoms with Crippen molar-refractivity contribution < 1.29 is 14.6 Å². The van der Waals surface area contributed by atoms with E-state index in [-0.39, 0.29) is 6.10 Å². The van der Waals surface area contributed by atoms with Crippen molar-refractivity contribution in [2.75, 3.05) is 13.7 Å². The zero-order valence-electron chi connectivity index (χ0n) is 13.0. The van der Waals surface area contributed by atoms with E-state index >= 15 is 0 Å². The Morgan fingerprint density at radius 1 is 1.10 bits per heavy atom. The molecule has 0 fully saturated rings. The summed E-state index contributed by atoms with van der Waals surface area (Å²) in [6.45, 7) is 4.90. The number of hydrogen-bond acceptors (Lipinski definition) is 3. The lowest BCUT2D eigenvalue weighted by molar-refractivity contribution is 0.170. The summed E-state index contributed by atoms with van der Waals surface area (Å²) < 4.78 is 11.1. The first-order chi connectivity index (χ1) is 9.71. The number of benzene rings is 1. The molecule has 3 heteroatoms. The minimum atomic E-state index is -0.291. The number of aliphatic hydroxyl groups excluding tert-OH is 1. The lowest BCUT2D eigenvalue weighted by atomic mass is 10.1. The van der Waals surface area contributed by atoms with Crippen LogP contribution in [0.2, 0.25) is 0 Å². The molecule has 0 aliphatic heterocycles. The van der Waals surface area contributed by atoms with Crippen LogP contribution in [0.4, 0.5) is 0 Å². The Hall–Kier alpha value is -1.22. The van der Waals surface area contributed by atoms with E-state index in [1.165, 1.54) is 19.3 Å². The van der Waals surface area contributed by atoms with Crippen molar-refractivity contribution in [3.05, 3.63) is 23.8 Å². The van der Waals surface area contributed by atoms with Crippen molar-refractivity contribution in [1.29, 1.82) is 0 Å². The summed E-state index contributed by atoms with van der Waals surface area (Å²) in [5.74, 6) is 1.54. The van der Waals surface area contributed by atoms with Crippen LogP contribution >= 0.6 is 0 Å². The standard InChI is InChI=1S/C17H28O3/c1-4-6-7-8-11-20-17-13-14(12-15(18)5-2)9-10-16(17)19-3/h9-10,13,15,18H,4-8,11-12H2,1-3H3. The van der Waals surface area contributed by atoms with Crippen LogP contribution in [-0.2, 0) is 6.42 Å². The van der Waals surface area contributed by atoms with Gasteiger partial charge in [0, 0.05) is 0 Å². The monoisotopic (exact) mass is 280 g/mol. The molecule has 0 aromatic heterocycles. The van der Waals surface area contributed by atoms with Crippen LogP contribution < -0.4 is 9.47 Å². The molecule has 1 N–H and O–H groups in total. The highest BCUT2D eigenvalue weighted by atomic mass is 16.5. The molecule has 0 saturated carbocycles. The average Bonchev–Trinajstić information content (AvgIpc) is 2.47. The molecule has 0 bridgehead atoms. The highest BCUT2D eigenvalue weighted by molar-refractivity contribution is 5.43. The zero-order chi connectivity index (χ0) is 14.8. The van der Waals surface area contributed by atoms with Gasteiger partial charge in [-0.05, 0) is 37.0 Å².